The van der Waals surface area contributed by atoms with Crippen LogP contribution in [0, 0.1) is 0 Å². The van der Waals surface area contributed by atoms with Crippen LogP contribution in [0.5, 0.6) is 5.75 Å². The molecule has 0 aliphatic rings. The maximum absolute atomic E-state index is 5.66. The number of hydrogen-bond acceptors (Lipinski definition) is 2. The van der Waals surface area contributed by atoms with E-state index in [2.05, 4.69) is 32.6 Å². The normalized spacial score (nSPS) is 10.0. The zero-order valence-electron chi connectivity index (χ0n) is 9.45. The zero-order valence-corrected chi connectivity index (χ0v) is 10.3. The van der Waals surface area contributed by atoms with Gasteiger partial charge < -0.3 is 4.74 Å². The van der Waals surface area contributed by atoms with Gasteiger partial charge in [0.25, 0.3) is 0 Å². The minimum Gasteiger partial charge on any atom is -0.482 e. The summed E-state index contributed by atoms with van der Waals surface area (Å²) in [7, 11) is 0. The maximum Gasteiger partial charge on any atom is 0.134 e. The van der Waals surface area contributed by atoms with Crippen LogP contribution in [0.2, 0.25) is 0 Å². The highest BCUT2D eigenvalue weighted by Gasteiger charge is 2.01. The van der Waals surface area contributed by atoms with Gasteiger partial charge in [0.05, 0.1) is 0 Å². The van der Waals surface area contributed by atoms with Gasteiger partial charge in [-0.2, -0.15) is 0 Å². The van der Waals surface area contributed by atoms with Crippen molar-refractivity contribution in [2.45, 2.75) is 20.3 Å². The summed E-state index contributed by atoms with van der Waals surface area (Å²) in [5.41, 5.74) is 2.41. The van der Waals surface area contributed by atoms with Gasteiger partial charge in [0.2, 0.25) is 0 Å². The van der Waals surface area contributed by atoms with Gasteiger partial charge in [-0.1, -0.05) is 32.6 Å². The SMILES string of the molecule is C=Cc1cc(CC)ccc1OCSCC. The number of aryl methyl sites for hydroxylation is 1. The number of thioether (sulfide) groups is 1. The first-order valence-electron chi connectivity index (χ1n) is 5.27. The Kier molecular flexibility index (Phi) is 5.33. The summed E-state index contributed by atoms with van der Waals surface area (Å²) in [5.74, 6) is 2.72. The van der Waals surface area contributed by atoms with Crippen LogP contribution in [0.25, 0.3) is 6.08 Å². The molecule has 0 heterocycles. The number of benzene rings is 1. The molecule has 0 fully saturated rings. The van der Waals surface area contributed by atoms with Crippen LogP contribution in [0.4, 0.5) is 0 Å². The molecule has 2 heteroatoms. The third-order valence-electron chi connectivity index (χ3n) is 2.20. The first kappa shape index (κ1) is 12.2. The largest absolute Gasteiger partial charge is 0.482 e. The predicted octanol–water partition coefficient (Wildman–Crippen LogP) is 3.98. The molecule has 0 N–H and O–H groups in total. The fraction of sp³-hybridized carbons (Fsp3) is 0.385. The van der Waals surface area contributed by atoms with E-state index >= 15 is 0 Å². The van der Waals surface area contributed by atoms with E-state index in [1.54, 1.807) is 11.8 Å². The molecule has 0 radical (unpaired) electrons. The highest BCUT2D eigenvalue weighted by molar-refractivity contribution is 7.99. The Balaban J connectivity index is 2.73. The smallest absolute Gasteiger partial charge is 0.134 e. The first-order valence-corrected chi connectivity index (χ1v) is 6.43. The summed E-state index contributed by atoms with van der Waals surface area (Å²) < 4.78 is 5.66. The molecular weight excluding hydrogens is 204 g/mol. The van der Waals surface area contributed by atoms with Crippen molar-refractivity contribution in [3.8, 4) is 5.75 Å². The highest BCUT2D eigenvalue weighted by atomic mass is 32.2. The lowest BCUT2D eigenvalue weighted by atomic mass is 10.1. The molecule has 0 saturated heterocycles. The second-order valence-corrected chi connectivity index (χ2v) is 4.41. The van der Waals surface area contributed by atoms with E-state index in [-0.39, 0.29) is 0 Å². The summed E-state index contributed by atoms with van der Waals surface area (Å²) in [6.07, 6.45) is 2.90. The van der Waals surface area contributed by atoms with E-state index in [9.17, 15) is 0 Å². The van der Waals surface area contributed by atoms with Crippen LogP contribution < -0.4 is 4.74 Å². The molecule has 1 nitrogen and oxygen atoms in total. The average Bonchev–Trinajstić information content (AvgIpc) is 2.29. The van der Waals surface area contributed by atoms with Crippen LogP contribution in [0.15, 0.2) is 24.8 Å². The van der Waals surface area contributed by atoms with Crippen molar-refractivity contribution >= 4 is 17.8 Å². The summed E-state index contributed by atoms with van der Waals surface area (Å²) in [6, 6.07) is 6.28. The Morgan fingerprint density at radius 3 is 2.80 bits per heavy atom. The molecule has 0 aliphatic heterocycles. The van der Waals surface area contributed by atoms with Crippen molar-refractivity contribution in [3.63, 3.8) is 0 Å². The van der Waals surface area contributed by atoms with E-state index in [1.165, 1.54) is 5.56 Å². The average molecular weight is 222 g/mol. The van der Waals surface area contributed by atoms with E-state index < -0.39 is 0 Å². The van der Waals surface area contributed by atoms with Gasteiger partial charge in [0.15, 0.2) is 0 Å². The summed E-state index contributed by atoms with van der Waals surface area (Å²) in [6.45, 7) is 8.08. The van der Waals surface area contributed by atoms with Crippen LogP contribution in [-0.2, 0) is 6.42 Å². The van der Waals surface area contributed by atoms with Gasteiger partial charge in [0.1, 0.15) is 11.7 Å². The molecule has 1 rings (SSSR count). The van der Waals surface area contributed by atoms with Crippen LogP contribution in [-0.4, -0.2) is 11.7 Å². The molecule has 0 aromatic heterocycles. The molecule has 1 aromatic rings. The molecule has 1 aromatic carbocycles. The highest BCUT2D eigenvalue weighted by Crippen LogP contribution is 2.22. The molecular formula is C13H18OS. The number of hydrogen-bond donors (Lipinski definition) is 0. The third-order valence-corrected chi connectivity index (χ3v) is 2.90. The monoisotopic (exact) mass is 222 g/mol. The van der Waals surface area contributed by atoms with E-state index in [1.807, 2.05) is 12.1 Å². The van der Waals surface area contributed by atoms with Gasteiger partial charge in [-0.15, -0.1) is 11.8 Å². The lowest BCUT2D eigenvalue weighted by molar-refractivity contribution is 0.392. The maximum atomic E-state index is 5.66. The van der Waals surface area contributed by atoms with Crippen LogP contribution >= 0.6 is 11.8 Å². The topological polar surface area (TPSA) is 9.23 Å². The van der Waals surface area contributed by atoms with E-state index in [0.29, 0.717) is 5.94 Å². The van der Waals surface area contributed by atoms with Gasteiger partial charge in [-0.25, -0.2) is 0 Å². The molecule has 0 aliphatic carbocycles. The van der Waals surface area contributed by atoms with Crippen molar-refractivity contribution in [2.75, 3.05) is 11.7 Å². The van der Waals surface area contributed by atoms with E-state index in [4.69, 9.17) is 4.74 Å². The van der Waals surface area contributed by atoms with Crippen molar-refractivity contribution in [1.29, 1.82) is 0 Å². The quantitative estimate of drug-likeness (QED) is 0.532. The molecule has 82 valence electrons. The lowest BCUT2D eigenvalue weighted by Crippen LogP contribution is -1.96. The molecule has 0 saturated carbocycles. The Hall–Kier alpha value is -0.890. The van der Waals surface area contributed by atoms with Gasteiger partial charge >= 0.3 is 0 Å². The predicted molar refractivity (Wildman–Crippen MR) is 69.5 cm³/mol. The van der Waals surface area contributed by atoms with Crippen LogP contribution in [0.1, 0.15) is 25.0 Å². The summed E-state index contributed by atoms with van der Waals surface area (Å²) in [4.78, 5) is 0. The Morgan fingerprint density at radius 1 is 1.40 bits per heavy atom. The van der Waals surface area contributed by atoms with Crippen molar-refractivity contribution in [1.82, 2.24) is 0 Å². The summed E-state index contributed by atoms with van der Waals surface area (Å²) >= 11 is 1.78. The molecule has 0 unspecified atom stereocenters. The molecule has 0 spiro atoms. The van der Waals surface area contributed by atoms with E-state index in [0.717, 1.165) is 23.5 Å². The Morgan fingerprint density at radius 2 is 2.20 bits per heavy atom. The fourth-order valence-corrected chi connectivity index (χ4v) is 1.67. The third kappa shape index (κ3) is 3.63. The zero-order chi connectivity index (χ0) is 11.1. The van der Waals surface area contributed by atoms with Crippen molar-refractivity contribution < 1.29 is 4.74 Å². The molecule has 0 bridgehead atoms. The minimum atomic E-state index is 0.711. The van der Waals surface area contributed by atoms with Crippen LogP contribution in [0.3, 0.4) is 0 Å². The fourth-order valence-electron chi connectivity index (χ4n) is 1.30. The summed E-state index contributed by atoms with van der Waals surface area (Å²) in [5, 5.41) is 0. The Bertz CT molecular complexity index is 320. The lowest BCUT2D eigenvalue weighted by Gasteiger charge is -2.09. The van der Waals surface area contributed by atoms with Gasteiger partial charge in [-0.05, 0) is 29.9 Å². The molecule has 15 heavy (non-hydrogen) atoms. The molecule has 0 amide bonds. The van der Waals surface area contributed by atoms with Crippen molar-refractivity contribution in [2.24, 2.45) is 0 Å². The minimum absolute atomic E-state index is 0.711. The van der Waals surface area contributed by atoms with Gasteiger partial charge in [0, 0.05) is 5.56 Å². The number of rotatable bonds is 6. The van der Waals surface area contributed by atoms with Gasteiger partial charge in [-0.3, -0.25) is 0 Å². The standard InChI is InChI=1S/C13H18OS/c1-4-11-7-8-13(12(5-2)9-11)14-10-15-6-3/h5,7-9H,2,4,6,10H2,1,3H3. The Labute approximate surface area is 96.5 Å². The first-order chi connectivity index (χ1) is 7.31. The second kappa shape index (κ2) is 6.57. The number of ether oxygens (including phenoxy) is 1. The van der Waals surface area contributed by atoms with Crippen molar-refractivity contribution in [3.05, 3.63) is 35.9 Å². The molecule has 0 atom stereocenters. The second-order valence-electron chi connectivity index (χ2n) is 3.18.